The van der Waals surface area contributed by atoms with Gasteiger partial charge in [-0.2, -0.15) is 0 Å². The Morgan fingerprint density at radius 3 is 1.78 bits per heavy atom. The smallest absolute Gasteiger partial charge is 0.139 e. The van der Waals surface area contributed by atoms with E-state index in [1.807, 2.05) is 0 Å². The summed E-state index contributed by atoms with van der Waals surface area (Å²) in [7, 11) is 0. The SMILES string of the molecule is NC1NC(N)NC(Cl)N1. The quantitative estimate of drug-likeness (QED) is 0.200. The zero-order valence-electron chi connectivity index (χ0n) is 4.76. The summed E-state index contributed by atoms with van der Waals surface area (Å²) in [4.78, 5) is 0. The Kier molecular flexibility index (Phi) is 2.23. The molecular weight excluding hydrogens is 142 g/mol. The number of alkyl halides is 1. The maximum absolute atomic E-state index is 5.58. The van der Waals surface area contributed by atoms with E-state index in [2.05, 4.69) is 16.0 Å². The summed E-state index contributed by atoms with van der Waals surface area (Å²) in [5.41, 5.74) is 10.4. The molecule has 0 bridgehead atoms. The lowest BCUT2D eigenvalue weighted by Crippen LogP contribution is -2.71. The second-order valence-electron chi connectivity index (χ2n) is 1.82. The molecule has 1 aliphatic heterocycles. The highest BCUT2D eigenvalue weighted by Crippen LogP contribution is 1.90. The minimum atomic E-state index is -0.351. The highest BCUT2D eigenvalue weighted by atomic mass is 35.5. The van der Waals surface area contributed by atoms with Crippen LogP contribution in [0.25, 0.3) is 0 Å². The molecule has 0 aromatic carbocycles. The van der Waals surface area contributed by atoms with Crippen molar-refractivity contribution in [3.8, 4) is 0 Å². The van der Waals surface area contributed by atoms with Gasteiger partial charge >= 0.3 is 0 Å². The van der Waals surface area contributed by atoms with Crippen LogP contribution in [-0.4, -0.2) is 18.2 Å². The number of halogens is 1. The van der Waals surface area contributed by atoms with E-state index in [9.17, 15) is 0 Å². The van der Waals surface area contributed by atoms with Gasteiger partial charge < -0.3 is 11.5 Å². The molecule has 2 unspecified atom stereocenters. The highest BCUT2D eigenvalue weighted by Gasteiger charge is 2.18. The maximum Gasteiger partial charge on any atom is 0.139 e. The van der Waals surface area contributed by atoms with Gasteiger partial charge in [-0.05, 0) is 0 Å². The minimum absolute atomic E-state index is 0.330. The van der Waals surface area contributed by atoms with E-state index in [1.165, 1.54) is 0 Å². The minimum Gasteiger partial charge on any atom is -0.303 e. The lowest BCUT2D eigenvalue weighted by atomic mass is 10.6. The Balaban J connectivity index is 2.34. The molecule has 6 heteroatoms. The normalized spacial score (nSPS) is 45.0. The van der Waals surface area contributed by atoms with Crippen LogP contribution in [0.5, 0.6) is 0 Å². The first-order chi connectivity index (χ1) is 4.18. The molecule has 1 fully saturated rings. The molecule has 1 heterocycles. The van der Waals surface area contributed by atoms with Crippen molar-refractivity contribution in [3.63, 3.8) is 0 Å². The third kappa shape index (κ3) is 2.05. The van der Waals surface area contributed by atoms with Crippen LogP contribution in [0.15, 0.2) is 0 Å². The zero-order valence-corrected chi connectivity index (χ0v) is 5.52. The summed E-state index contributed by atoms with van der Waals surface area (Å²) in [6.07, 6.45) is -0.660. The number of hydrogen-bond acceptors (Lipinski definition) is 5. The summed E-state index contributed by atoms with van der Waals surface area (Å²) in [5, 5.41) is 8.26. The van der Waals surface area contributed by atoms with E-state index in [1.54, 1.807) is 0 Å². The fourth-order valence-electron chi connectivity index (χ4n) is 0.653. The Morgan fingerprint density at radius 1 is 1.00 bits per heavy atom. The molecule has 0 aromatic rings. The van der Waals surface area contributed by atoms with E-state index in [0.717, 1.165) is 0 Å². The molecule has 7 N–H and O–H groups in total. The molecule has 0 radical (unpaired) electrons. The number of nitrogens with one attached hydrogen (secondary N) is 3. The van der Waals surface area contributed by atoms with Crippen molar-refractivity contribution < 1.29 is 0 Å². The van der Waals surface area contributed by atoms with Crippen molar-refractivity contribution >= 4 is 11.6 Å². The third-order valence-corrected chi connectivity index (χ3v) is 1.26. The van der Waals surface area contributed by atoms with Crippen LogP contribution in [0.3, 0.4) is 0 Å². The third-order valence-electron chi connectivity index (χ3n) is 1.01. The largest absolute Gasteiger partial charge is 0.303 e. The van der Waals surface area contributed by atoms with Gasteiger partial charge in [0.05, 0.1) is 0 Å². The molecule has 54 valence electrons. The van der Waals surface area contributed by atoms with Gasteiger partial charge in [0.1, 0.15) is 18.2 Å². The molecule has 0 amide bonds. The van der Waals surface area contributed by atoms with Gasteiger partial charge in [-0.15, -0.1) is 0 Å². The standard InChI is InChI=1S/C3H10ClN5/c4-1-7-2(5)9-3(6)8-1/h1-3,7-9H,5-6H2. The summed E-state index contributed by atoms with van der Waals surface area (Å²) < 4.78 is 0. The summed E-state index contributed by atoms with van der Waals surface area (Å²) >= 11 is 5.58. The molecule has 0 aromatic heterocycles. The van der Waals surface area contributed by atoms with Gasteiger partial charge in [-0.3, -0.25) is 16.0 Å². The average molecular weight is 152 g/mol. The van der Waals surface area contributed by atoms with E-state index in [0.29, 0.717) is 0 Å². The summed E-state index contributed by atoms with van der Waals surface area (Å²) in [6, 6.07) is 0. The van der Waals surface area contributed by atoms with E-state index in [-0.39, 0.29) is 18.2 Å². The molecule has 0 saturated carbocycles. The predicted molar refractivity (Wildman–Crippen MR) is 35.0 cm³/mol. The summed E-state index contributed by atoms with van der Waals surface area (Å²) in [6.45, 7) is 0. The molecule has 1 saturated heterocycles. The molecule has 5 nitrogen and oxygen atoms in total. The molecule has 1 aliphatic rings. The molecule has 1 rings (SSSR count). The topological polar surface area (TPSA) is 88.1 Å². The van der Waals surface area contributed by atoms with Crippen LogP contribution in [-0.2, 0) is 0 Å². The van der Waals surface area contributed by atoms with Crippen LogP contribution >= 0.6 is 11.6 Å². The molecule has 9 heavy (non-hydrogen) atoms. The maximum atomic E-state index is 5.58. The van der Waals surface area contributed by atoms with Crippen molar-refractivity contribution in [1.82, 2.24) is 16.0 Å². The first kappa shape index (κ1) is 7.20. The van der Waals surface area contributed by atoms with Gasteiger partial charge in [0, 0.05) is 0 Å². The van der Waals surface area contributed by atoms with E-state index in [4.69, 9.17) is 23.1 Å². The zero-order chi connectivity index (χ0) is 6.85. The lowest BCUT2D eigenvalue weighted by molar-refractivity contribution is 0.250. The predicted octanol–water partition coefficient (Wildman–Crippen LogP) is -2.22. The number of rotatable bonds is 0. The van der Waals surface area contributed by atoms with Crippen LogP contribution in [0, 0.1) is 0 Å². The van der Waals surface area contributed by atoms with Gasteiger partial charge in [-0.25, -0.2) is 0 Å². The van der Waals surface area contributed by atoms with Crippen molar-refractivity contribution in [2.45, 2.75) is 18.2 Å². The number of nitrogens with two attached hydrogens (primary N) is 2. The lowest BCUT2D eigenvalue weighted by Gasteiger charge is -2.31. The van der Waals surface area contributed by atoms with Gasteiger partial charge in [0.2, 0.25) is 0 Å². The molecule has 0 aliphatic carbocycles. The van der Waals surface area contributed by atoms with Crippen molar-refractivity contribution in [3.05, 3.63) is 0 Å². The Morgan fingerprint density at radius 2 is 1.44 bits per heavy atom. The average Bonchev–Trinajstić information content (AvgIpc) is 1.59. The fourth-order valence-corrected chi connectivity index (χ4v) is 0.925. The van der Waals surface area contributed by atoms with Crippen LogP contribution < -0.4 is 27.4 Å². The van der Waals surface area contributed by atoms with Crippen LogP contribution in [0.1, 0.15) is 0 Å². The molecular formula is C3H10ClN5. The second kappa shape index (κ2) is 2.78. The van der Waals surface area contributed by atoms with Crippen molar-refractivity contribution in [1.29, 1.82) is 0 Å². The first-order valence-corrected chi connectivity index (χ1v) is 3.05. The first-order valence-electron chi connectivity index (χ1n) is 2.62. The van der Waals surface area contributed by atoms with Crippen LogP contribution in [0.4, 0.5) is 0 Å². The van der Waals surface area contributed by atoms with E-state index >= 15 is 0 Å². The molecule has 2 atom stereocenters. The summed E-state index contributed by atoms with van der Waals surface area (Å²) in [5.74, 6) is 0. The monoisotopic (exact) mass is 151 g/mol. The Hall–Kier alpha value is 0.0900. The molecule has 0 spiro atoms. The van der Waals surface area contributed by atoms with Crippen molar-refractivity contribution in [2.75, 3.05) is 0 Å². The van der Waals surface area contributed by atoms with Crippen LogP contribution in [0.2, 0.25) is 0 Å². The Bertz CT molecular complexity index is 73.2. The van der Waals surface area contributed by atoms with Gasteiger partial charge in [0.15, 0.2) is 0 Å². The Labute approximate surface area is 58.1 Å². The van der Waals surface area contributed by atoms with Gasteiger partial charge in [-0.1, -0.05) is 11.6 Å². The van der Waals surface area contributed by atoms with Gasteiger partial charge in [0.25, 0.3) is 0 Å². The van der Waals surface area contributed by atoms with Crippen molar-refractivity contribution in [2.24, 2.45) is 11.5 Å². The van der Waals surface area contributed by atoms with E-state index < -0.39 is 0 Å². The highest BCUT2D eigenvalue weighted by molar-refractivity contribution is 6.20. The number of hydrogen-bond donors (Lipinski definition) is 5. The fraction of sp³-hybridized carbons (Fsp3) is 1.00. The second-order valence-corrected chi connectivity index (χ2v) is 2.25.